The zero-order valence-corrected chi connectivity index (χ0v) is 11.7. The van der Waals surface area contributed by atoms with E-state index in [1.807, 2.05) is 0 Å². The summed E-state index contributed by atoms with van der Waals surface area (Å²) in [6, 6.07) is 0. The minimum absolute atomic E-state index is 0. The van der Waals surface area contributed by atoms with Gasteiger partial charge in [0, 0.05) is 0 Å². The molecule has 0 aromatic carbocycles. The SMILES string of the molecule is O=P(O)(O)[O][W](=[O])(=[O])[O-].[K+]. The van der Waals surface area contributed by atoms with Gasteiger partial charge in [-0.1, -0.05) is 0 Å². The number of rotatable bonds is 2. The van der Waals surface area contributed by atoms with Gasteiger partial charge in [0.25, 0.3) is 0 Å². The summed E-state index contributed by atoms with van der Waals surface area (Å²) in [5.74, 6) is 0. The van der Waals surface area contributed by atoms with Crippen LogP contribution in [0.5, 0.6) is 0 Å². The van der Waals surface area contributed by atoms with Crippen molar-refractivity contribution >= 4 is 7.82 Å². The molecule has 0 aliphatic heterocycles. The molecule has 2 N–H and O–H groups in total. The molecule has 7 nitrogen and oxygen atoms in total. The Morgan fingerprint density at radius 2 is 1.70 bits per heavy atom. The zero-order valence-electron chi connectivity index (χ0n) is 4.79. The minimum atomic E-state index is -6.44. The van der Waals surface area contributed by atoms with Crippen LogP contribution in [0.25, 0.3) is 0 Å². The Bertz CT molecular complexity index is 220. The summed E-state index contributed by atoms with van der Waals surface area (Å²) in [6.07, 6.45) is 0. The first-order chi connectivity index (χ1) is 3.71. The fourth-order valence-corrected chi connectivity index (χ4v) is 2.92. The van der Waals surface area contributed by atoms with Gasteiger partial charge in [-0.05, 0) is 0 Å². The largest absolute Gasteiger partial charge is 1.00 e. The summed E-state index contributed by atoms with van der Waals surface area (Å²) in [6.45, 7) is 0. The van der Waals surface area contributed by atoms with Crippen LogP contribution in [-0.4, -0.2) is 9.79 Å². The van der Waals surface area contributed by atoms with Crippen LogP contribution in [0, 0.1) is 0 Å². The summed E-state index contributed by atoms with van der Waals surface area (Å²) in [5, 5.41) is 0. The van der Waals surface area contributed by atoms with Gasteiger partial charge in [-0.25, -0.2) is 0 Å². The number of hydrogen-bond donors (Lipinski definition) is 2. The Kier molecular flexibility index (Phi) is 7.09. The van der Waals surface area contributed by atoms with Gasteiger partial charge in [0.05, 0.1) is 0 Å². The van der Waals surface area contributed by atoms with Gasteiger partial charge in [0.1, 0.15) is 0 Å². The third-order valence-corrected chi connectivity index (χ3v) is 4.63. The molecule has 0 rings (SSSR count). The Morgan fingerprint density at radius 3 is 1.70 bits per heavy atom. The van der Waals surface area contributed by atoms with Crippen LogP contribution in [0.3, 0.4) is 0 Å². The molecule has 0 spiro atoms. The van der Waals surface area contributed by atoms with Crippen LogP contribution < -0.4 is 55.1 Å². The van der Waals surface area contributed by atoms with Crippen molar-refractivity contribution in [2.75, 3.05) is 0 Å². The van der Waals surface area contributed by atoms with Crippen molar-refractivity contribution in [2.45, 2.75) is 0 Å². The quantitative estimate of drug-likeness (QED) is 0.370. The van der Waals surface area contributed by atoms with E-state index in [0.29, 0.717) is 0 Å². The smallest absolute Gasteiger partial charge is 1.00 e. The van der Waals surface area contributed by atoms with Gasteiger partial charge in [-0.15, -0.1) is 0 Å². The second-order valence-electron chi connectivity index (χ2n) is 0.973. The Hall–Kier alpha value is 1.99. The Morgan fingerprint density at radius 1 is 1.40 bits per heavy atom. The molecule has 0 saturated carbocycles. The maximum absolute atomic E-state index is 9.57. The summed E-state index contributed by atoms with van der Waals surface area (Å²) in [5.41, 5.74) is 0. The molecule has 0 amide bonds. The van der Waals surface area contributed by atoms with Crippen molar-refractivity contribution in [2.24, 2.45) is 0 Å². The molecule has 56 valence electrons. The minimum Gasteiger partial charge on any atom is 1.00 e. The normalized spacial score (nSPS) is 12.3. The van der Waals surface area contributed by atoms with E-state index in [9.17, 15) is 15.1 Å². The van der Waals surface area contributed by atoms with Crippen LogP contribution in [0.2, 0.25) is 0 Å². The topological polar surface area (TPSA) is 124 Å². The molecule has 0 aliphatic rings. The van der Waals surface area contributed by atoms with E-state index >= 15 is 0 Å². The average Bonchev–Trinajstić information content (AvgIpc) is 1.14. The summed E-state index contributed by atoms with van der Waals surface area (Å²) >= 11 is -6.44. The van der Waals surface area contributed by atoms with Crippen LogP contribution in [0.4, 0.5) is 0 Å². The molecule has 0 heterocycles. The van der Waals surface area contributed by atoms with Crippen molar-refractivity contribution in [1.82, 2.24) is 0 Å². The molecule has 0 saturated heterocycles. The molecule has 0 atom stereocenters. The molecule has 10 heteroatoms. The van der Waals surface area contributed by atoms with Crippen molar-refractivity contribution < 1.29 is 96.2 Å². The third kappa shape index (κ3) is 12.7. The van der Waals surface area contributed by atoms with E-state index < -0.39 is 24.6 Å². The molecule has 10 heavy (non-hydrogen) atoms. The van der Waals surface area contributed by atoms with E-state index in [1.54, 1.807) is 0 Å². The van der Waals surface area contributed by atoms with Gasteiger partial charge in [0.2, 0.25) is 0 Å². The monoisotopic (exact) mass is 368 g/mol. The zero-order chi connectivity index (χ0) is 7.71. The molecule has 0 radical (unpaired) electrons. The van der Waals surface area contributed by atoms with E-state index in [4.69, 9.17) is 9.79 Å². The van der Waals surface area contributed by atoms with Crippen LogP contribution in [0.1, 0.15) is 0 Å². The predicted octanol–water partition coefficient (Wildman–Crippen LogP) is -4.87. The molecular weight excluding hydrogens is 366 g/mol. The predicted molar refractivity (Wildman–Crippen MR) is 14.5 cm³/mol. The summed E-state index contributed by atoms with van der Waals surface area (Å²) < 4.78 is 40.9. The van der Waals surface area contributed by atoms with Gasteiger partial charge in [-0.3, -0.25) is 0 Å². The summed E-state index contributed by atoms with van der Waals surface area (Å²) in [7, 11) is -5.13. The summed E-state index contributed by atoms with van der Waals surface area (Å²) in [4.78, 5) is 15.4. The van der Waals surface area contributed by atoms with Crippen molar-refractivity contribution in [3.05, 3.63) is 0 Å². The van der Waals surface area contributed by atoms with Crippen molar-refractivity contribution in [3.63, 3.8) is 0 Å². The molecular formula is H2KO7PW. The second-order valence-corrected chi connectivity index (χ2v) is 6.64. The average molecular weight is 368 g/mol. The van der Waals surface area contributed by atoms with Crippen LogP contribution in [-0.2, 0) is 31.3 Å². The van der Waals surface area contributed by atoms with Crippen molar-refractivity contribution in [1.29, 1.82) is 0 Å². The maximum Gasteiger partial charge on any atom is 1.00 e. The molecule has 0 aromatic heterocycles. The van der Waals surface area contributed by atoms with Gasteiger partial charge < -0.3 is 0 Å². The first-order valence-corrected chi connectivity index (χ1v) is 7.75. The molecule has 0 bridgehead atoms. The van der Waals surface area contributed by atoms with E-state index in [0.717, 1.165) is 0 Å². The molecule has 0 fully saturated rings. The first-order valence-electron chi connectivity index (χ1n) is 1.43. The first kappa shape index (κ1) is 14.5. The van der Waals surface area contributed by atoms with Crippen LogP contribution in [0.15, 0.2) is 0 Å². The number of phosphoric acid groups is 1. The van der Waals surface area contributed by atoms with Crippen LogP contribution >= 0.6 is 7.82 Å². The Labute approximate surface area is 102 Å². The van der Waals surface area contributed by atoms with Crippen molar-refractivity contribution in [3.8, 4) is 0 Å². The van der Waals surface area contributed by atoms with Gasteiger partial charge >= 0.3 is 104 Å². The van der Waals surface area contributed by atoms with Gasteiger partial charge in [-0.2, -0.15) is 0 Å². The van der Waals surface area contributed by atoms with E-state index in [2.05, 4.69) is 3.18 Å². The molecule has 0 unspecified atom stereocenters. The molecule has 0 aromatic rings. The maximum atomic E-state index is 9.57. The number of hydrogen-bond acceptors (Lipinski definition) is 5. The fraction of sp³-hybridized carbons (Fsp3) is 0. The fourth-order valence-electron chi connectivity index (χ4n) is 0.119. The van der Waals surface area contributed by atoms with E-state index in [-0.39, 0.29) is 51.4 Å². The standard InChI is InChI=1S/K.H3O4P.3O.W/c;1-5(2,3)4;;;;/h;(H3,1,2,3,4);;;;/q+1;;;;-1;+1/p-1. The molecule has 0 aliphatic carbocycles. The Balaban J connectivity index is 0. The third-order valence-electron chi connectivity index (χ3n) is 0.188. The van der Waals surface area contributed by atoms with E-state index in [1.165, 1.54) is 0 Å². The van der Waals surface area contributed by atoms with Gasteiger partial charge in [0.15, 0.2) is 0 Å². The second kappa shape index (κ2) is 4.88.